The average molecular weight is 290 g/mol. The second kappa shape index (κ2) is 7.57. The molecular weight excluding hydrogens is 264 g/mol. The Morgan fingerprint density at radius 1 is 1.38 bits per heavy atom. The minimum Gasteiger partial charge on any atom is -0.396 e. The number of rotatable bonds is 5. The molecule has 0 aromatic heterocycles. The minimum atomic E-state index is -0.282. The summed E-state index contributed by atoms with van der Waals surface area (Å²) in [6.45, 7) is 2.83. The van der Waals surface area contributed by atoms with Crippen LogP contribution in [0.5, 0.6) is 0 Å². The highest BCUT2D eigenvalue weighted by atomic mass is 16.3. The van der Waals surface area contributed by atoms with Crippen LogP contribution in [0.15, 0.2) is 30.3 Å². The van der Waals surface area contributed by atoms with Crippen molar-refractivity contribution in [2.75, 3.05) is 13.2 Å². The molecule has 0 saturated carbocycles. The lowest BCUT2D eigenvalue weighted by Gasteiger charge is -2.38. The zero-order chi connectivity index (χ0) is 15.2. The lowest BCUT2D eigenvalue weighted by atomic mass is 9.91. The number of hydrogen-bond acceptors (Lipinski definition) is 3. The van der Waals surface area contributed by atoms with Crippen LogP contribution < -0.4 is 5.73 Å². The Bertz CT molecular complexity index is 447. The number of aliphatic hydroxyl groups excluding tert-OH is 1. The van der Waals surface area contributed by atoms with E-state index in [0.717, 1.165) is 31.4 Å². The van der Waals surface area contributed by atoms with Gasteiger partial charge in [0.25, 0.3) is 0 Å². The van der Waals surface area contributed by atoms with Gasteiger partial charge in [-0.2, -0.15) is 0 Å². The van der Waals surface area contributed by atoms with Crippen molar-refractivity contribution in [1.29, 1.82) is 0 Å². The van der Waals surface area contributed by atoms with Crippen molar-refractivity contribution in [3.63, 3.8) is 0 Å². The topological polar surface area (TPSA) is 66.6 Å². The first-order valence-electron chi connectivity index (χ1n) is 7.87. The predicted octanol–water partition coefficient (Wildman–Crippen LogP) is 2.09. The molecule has 4 heteroatoms. The summed E-state index contributed by atoms with van der Waals surface area (Å²) in [6, 6.07) is 9.66. The van der Waals surface area contributed by atoms with Gasteiger partial charge in [0.15, 0.2) is 0 Å². The van der Waals surface area contributed by atoms with Crippen LogP contribution in [0.2, 0.25) is 0 Å². The Labute approximate surface area is 126 Å². The Hall–Kier alpha value is -1.39. The second-order valence-corrected chi connectivity index (χ2v) is 5.92. The van der Waals surface area contributed by atoms with Gasteiger partial charge in [-0.1, -0.05) is 37.3 Å². The monoisotopic (exact) mass is 290 g/mol. The lowest BCUT2D eigenvalue weighted by molar-refractivity contribution is -0.139. The summed E-state index contributed by atoms with van der Waals surface area (Å²) in [5, 5.41) is 9.18. The van der Waals surface area contributed by atoms with E-state index in [1.807, 2.05) is 42.2 Å². The second-order valence-electron chi connectivity index (χ2n) is 5.92. The summed E-state index contributed by atoms with van der Waals surface area (Å²) >= 11 is 0. The fourth-order valence-corrected chi connectivity index (χ4v) is 3.12. The lowest BCUT2D eigenvalue weighted by Crippen LogP contribution is -2.48. The molecule has 116 valence electrons. The van der Waals surface area contributed by atoms with Crippen LogP contribution >= 0.6 is 0 Å². The molecule has 1 saturated heterocycles. The molecule has 1 heterocycles. The van der Waals surface area contributed by atoms with Gasteiger partial charge in [-0.05, 0) is 31.2 Å². The molecule has 2 rings (SSSR count). The van der Waals surface area contributed by atoms with Gasteiger partial charge in [0.1, 0.15) is 0 Å². The standard InChI is InChI=1S/C17H26N2O2/c1-13(16(18)14-7-3-2-4-8-14)17(21)19-11-6-5-9-15(19)10-12-20/h2-4,7-8,13,15-16,20H,5-6,9-12,18H2,1H3. The SMILES string of the molecule is CC(C(=O)N1CCCCC1CCO)C(N)c1ccccc1. The van der Waals surface area contributed by atoms with Crippen LogP contribution in [0, 0.1) is 5.92 Å². The Balaban J connectivity index is 2.06. The van der Waals surface area contributed by atoms with E-state index in [2.05, 4.69) is 0 Å². The summed E-state index contributed by atoms with van der Waals surface area (Å²) in [5.74, 6) is -0.129. The van der Waals surface area contributed by atoms with Crippen molar-refractivity contribution in [2.24, 2.45) is 11.7 Å². The van der Waals surface area contributed by atoms with Crippen LogP contribution in [0.3, 0.4) is 0 Å². The highest BCUT2D eigenvalue weighted by Crippen LogP contribution is 2.26. The zero-order valence-electron chi connectivity index (χ0n) is 12.7. The van der Waals surface area contributed by atoms with Crippen molar-refractivity contribution in [2.45, 2.75) is 44.7 Å². The molecule has 0 aliphatic carbocycles. The number of carbonyl (C=O) groups is 1. The molecule has 0 radical (unpaired) electrons. The molecule has 1 aliphatic rings. The molecular formula is C17H26N2O2. The van der Waals surface area contributed by atoms with Crippen molar-refractivity contribution in [3.05, 3.63) is 35.9 Å². The number of benzene rings is 1. The molecule has 1 fully saturated rings. The van der Waals surface area contributed by atoms with Crippen molar-refractivity contribution in [1.82, 2.24) is 4.90 Å². The molecule has 1 aromatic rings. The van der Waals surface area contributed by atoms with Gasteiger partial charge in [0.05, 0.1) is 5.92 Å². The smallest absolute Gasteiger partial charge is 0.227 e. The highest BCUT2D eigenvalue weighted by molar-refractivity contribution is 5.80. The maximum Gasteiger partial charge on any atom is 0.227 e. The molecule has 0 bridgehead atoms. The molecule has 1 aliphatic heterocycles. The fraction of sp³-hybridized carbons (Fsp3) is 0.588. The third-order valence-electron chi connectivity index (χ3n) is 4.49. The van der Waals surface area contributed by atoms with E-state index in [1.54, 1.807) is 0 Å². The van der Waals surface area contributed by atoms with Crippen LogP contribution in [-0.4, -0.2) is 35.1 Å². The summed E-state index contributed by atoms with van der Waals surface area (Å²) in [7, 11) is 0. The van der Waals surface area contributed by atoms with Gasteiger partial charge in [0, 0.05) is 25.2 Å². The van der Waals surface area contributed by atoms with Gasteiger partial charge in [-0.25, -0.2) is 0 Å². The molecule has 1 amide bonds. The first kappa shape index (κ1) is 16.0. The molecule has 1 aromatic carbocycles. The van der Waals surface area contributed by atoms with Crippen molar-refractivity contribution in [3.8, 4) is 0 Å². The summed E-state index contributed by atoms with van der Waals surface area (Å²) < 4.78 is 0. The predicted molar refractivity (Wildman–Crippen MR) is 83.6 cm³/mol. The molecule has 0 spiro atoms. The fourth-order valence-electron chi connectivity index (χ4n) is 3.12. The van der Waals surface area contributed by atoms with Crippen LogP contribution in [-0.2, 0) is 4.79 Å². The third-order valence-corrected chi connectivity index (χ3v) is 4.49. The zero-order valence-corrected chi connectivity index (χ0v) is 12.7. The van der Waals surface area contributed by atoms with E-state index in [9.17, 15) is 9.90 Å². The Kier molecular flexibility index (Phi) is 5.76. The minimum absolute atomic E-state index is 0.115. The first-order chi connectivity index (χ1) is 10.1. The summed E-state index contributed by atoms with van der Waals surface area (Å²) in [6.07, 6.45) is 3.83. The third kappa shape index (κ3) is 3.83. The number of piperidine rings is 1. The number of hydrogen-bond donors (Lipinski definition) is 2. The van der Waals surface area contributed by atoms with Crippen LogP contribution in [0.1, 0.15) is 44.2 Å². The van der Waals surface area contributed by atoms with Gasteiger partial charge in [-0.3, -0.25) is 4.79 Å². The average Bonchev–Trinajstić information content (AvgIpc) is 2.54. The van der Waals surface area contributed by atoms with E-state index < -0.39 is 0 Å². The van der Waals surface area contributed by atoms with E-state index in [4.69, 9.17) is 5.73 Å². The van der Waals surface area contributed by atoms with Gasteiger partial charge in [0.2, 0.25) is 5.91 Å². The van der Waals surface area contributed by atoms with E-state index >= 15 is 0 Å². The van der Waals surface area contributed by atoms with Crippen LogP contribution in [0.25, 0.3) is 0 Å². The summed E-state index contributed by atoms with van der Waals surface area (Å²) in [4.78, 5) is 14.7. The number of nitrogens with two attached hydrogens (primary N) is 1. The number of nitrogens with zero attached hydrogens (tertiary/aromatic N) is 1. The number of likely N-dealkylation sites (tertiary alicyclic amines) is 1. The molecule has 3 atom stereocenters. The molecule has 4 nitrogen and oxygen atoms in total. The van der Waals surface area contributed by atoms with E-state index in [0.29, 0.717) is 6.42 Å². The summed E-state index contributed by atoms with van der Waals surface area (Å²) in [5.41, 5.74) is 7.26. The van der Waals surface area contributed by atoms with Gasteiger partial charge < -0.3 is 15.7 Å². The maximum atomic E-state index is 12.8. The van der Waals surface area contributed by atoms with Crippen molar-refractivity contribution >= 4 is 5.91 Å². The maximum absolute atomic E-state index is 12.8. The van der Waals surface area contributed by atoms with Crippen molar-refractivity contribution < 1.29 is 9.90 Å². The van der Waals surface area contributed by atoms with Crippen LogP contribution in [0.4, 0.5) is 0 Å². The Morgan fingerprint density at radius 2 is 2.10 bits per heavy atom. The van der Waals surface area contributed by atoms with Gasteiger partial charge in [-0.15, -0.1) is 0 Å². The molecule has 21 heavy (non-hydrogen) atoms. The first-order valence-corrected chi connectivity index (χ1v) is 7.87. The number of amides is 1. The number of aliphatic hydroxyl groups is 1. The molecule has 3 N–H and O–H groups in total. The Morgan fingerprint density at radius 3 is 2.76 bits per heavy atom. The quantitative estimate of drug-likeness (QED) is 0.872. The largest absolute Gasteiger partial charge is 0.396 e. The van der Waals surface area contributed by atoms with E-state index in [-0.39, 0.29) is 30.5 Å². The normalized spacial score (nSPS) is 21.9. The van der Waals surface area contributed by atoms with E-state index in [1.165, 1.54) is 0 Å². The number of carbonyl (C=O) groups excluding carboxylic acids is 1. The molecule has 3 unspecified atom stereocenters. The highest BCUT2D eigenvalue weighted by Gasteiger charge is 2.32. The van der Waals surface area contributed by atoms with Gasteiger partial charge >= 0.3 is 0 Å².